The SMILES string of the molecule is CC(C)ONC/C=C/Cl. The molecule has 0 rings (SSSR count). The van der Waals surface area contributed by atoms with Gasteiger partial charge in [-0.2, -0.15) is 5.48 Å². The molecule has 0 aliphatic carbocycles. The van der Waals surface area contributed by atoms with Crippen LogP contribution in [0.25, 0.3) is 0 Å². The van der Waals surface area contributed by atoms with Crippen LogP contribution in [0.3, 0.4) is 0 Å². The third-order valence-corrected chi connectivity index (χ3v) is 0.787. The molecular weight excluding hydrogens is 138 g/mol. The molecule has 0 fully saturated rings. The van der Waals surface area contributed by atoms with Crippen molar-refractivity contribution in [1.29, 1.82) is 0 Å². The summed E-state index contributed by atoms with van der Waals surface area (Å²) < 4.78 is 0. The van der Waals surface area contributed by atoms with Crippen LogP contribution in [-0.4, -0.2) is 12.6 Å². The molecule has 1 N–H and O–H groups in total. The zero-order valence-corrected chi connectivity index (χ0v) is 6.48. The number of rotatable bonds is 4. The van der Waals surface area contributed by atoms with E-state index in [0.717, 1.165) is 0 Å². The Balaban J connectivity index is 2.91. The van der Waals surface area contributed by atoms with Gasteiger partial charge in [0.2, 0.25) is 0 Å². The molecule has 0 aromatic heterocycles. The van der Waals surface area contributed by atoms with E-state index in [1.165, 1.54) is 5.54 Å². The molecule has 0 saturated heterocycles. The second kappa shape index (κ2) is 6.08. The Morgan fingerprint density at radius 2 is 2.33 bits per heavy atom. The highest BCUT2D eigenvalue weighted by atomic mass is 35.5. The first-order valence-corrected chi connectivity index (χ1v) is 3.34. The van der Waals surface area contributed by atoms with Crippen LogP contribution < -0.4 is 5.48 Å². The predicted molar refractivity (Wildman–Crippen MR) is 39.2 cm³/mol. The average Bonchev–Trinajstić information content (AvgIpc) is 1.80. The third-order valence-electron chi connectivity index (χ3n) is 0.609. The fourth-order valence-corrected chi connectivity index (χ4v) is 0.397. The van der Waals surface area contributed by atoms with Crippen molar-refractivity contribution in [2.75, 3.05) is 6.54 Å². The molecule has 0 atom stereocenters. The smallest absolute Gasteiger partial charge is 0.0734 e. The van der Waals surface area contributed by atoms with Crippen molar-refractivity contribution in [3.63, 3.8) is 0 Å². The summed E-state index contributed by atoms with van der Waals surface area (Å²) in [6.45, 7) is 4.57. The van der Waals surface area contributed by atoms with Crippen molar-refractivity contribution in [2.24, 2.45) is 0 Å². The van der Waals surface area contributed by atoms with Gasteiger partial charge < -0.3 is 0 Å². The Labute approximate surface area is 60.8 Å². The molecule has 2 nitrogen and oxygen atoms in total. The Kier molecular flexibility index (Phi) is 6.04. The Hall–Kier alpha value is -0.0500. The monoisotopic (exact) mass is 149 g/mol. The Morgan fingerprint density at radius 3 is 2.78 bits per heavy atom. The largest absolute Gasteiger partial charge is 0.299 e. The molecule has 9 heavy (non-hydrogen) atoms. The zero-order chi connectivity index (χ0) is 7.11. The summed E-state index contributed by atoms with van der Waals surface area (Å²) in [4.78, 5) is 4.98. The van der Waals surface area contributed by atoms with E-state index in [-0.39, 0.29) is 6.10 Å². The van der Waals surface area contributed by atoms with Crippen LogP contribution in [0.5, 0.6) is 0 Å². The van der Waals surface area contributed by atoms with Gasteiger partial charge in [-0.1, -0.05) is 17.7 Å². The maximum absolute atomic E-state index is 5.24. The van der Waals surface area contributed by atoms with E-state index in [1.807, 2.05) is 13.8 Å². The summed E-state index contributed by atoms with van der Waals surface area (Å²) in [5.74, 6) is 0. The van der Waals surface area contributed by atoms with Crippen LogP contribution in [0, 0.1) is 0 Å². The average molecular weight is 150 g/mol. The maximum atomic E-state index is 5.24. The molecule has 0 spiro atoms. The number of nitrogens with one attached hydrogen (secondary N) is 1. The lowest BCUT2D eigenvalue weighted by molar-refractivity contribution is 0.00143. The van der Waals surface area contributed by atoms with E-state index >= 15 is 0 Å². The van der Waals surface area contributed by atoms with Crippen LogP contribution >= 0.6 is 11.6 Å². The van der Waals surface area contributed by atoms with Gasteiger partial charge in [-0.3, -0.25) is 4.84 Å². The highest BCUT2D eigenvalue weighted by Gasteiger charge is 1.87. The molecule has 0 unspecified atom stereocenters. The summed E-state index contributed by atoms with van der Waals surface area (Å²) in [5, 5.41) is 0. The van der Waals surface area contributed by atoms with Crippen molar-refractivity contribution in [3.8, 4) is 0 Å². The second-order valence-electron chi connectivity index (χ2n) is 1.88. The number of hydrogen-bond donors (Lipinski definition) is 1. The summed E-state index contributed by atoms with van der Waals surface area (Å²) >= 11 is 5.24. The second-order valence-corrected chi connectivity index (χ2v) is 2.13. The van der Waals surface area contributed by atoms with Crippen molar-refractivity contribution < 1.29 is 4.84 Å². The van der Waals surface area contributed by atoms with Crippen molar-refractivity contribution >= 4 is 11.6 Å². The number of halogens is 1. The maximum Gasteiger partial charge on any atom is 0.0734 e. The molecule has 0 heterocycles. The van der Waals surface area contributed by atoms with E-state index in [1.54, 1.807) is 6.08 Å². The topological polar surface area (TPSA) is 21.3 Å². The molecule has 0 aromatic carbocycles. The first kappa shape index (κ1) is 8.95. The lowest BCUT2D eigenvalue weighted by Crippen LogP contribution is -2.19. The standard InChI is InChI=1S/C6H12ClNO/c1-6(2)9-8-5-3-4-7/h3-4,6,8H,5H2,1-2H3/b4-3+. The summed E-state index contributed by atoms with van der Waals surface area (Å²) in [6, 6.07) is 0. The van der Waals surface area contributed by atoms with Crippen molar-refractivity contribution in [2.45, 2.75) is 20.0 Å². The first-order chi connectivity index (χ1) is 4.27. The summed E-state index contributed by atoms with van der Waals surface area (Å²) in [7, 11) is 0. The molecule has 54 valence electrons. The molecule has 0 radical (unpaired) electrons. The molecule has 0 aromatic rings. The minimum absolute atomic E-state index is 0.216. The highest BCUT2D eigenvalue weighted by Crippen LogP contribution is 1.82. The highest BCUT2D eigenvalue weighted by molar-refractivity contribution is 6.25. The van der Waals surface area contributed by atoms with Gasteiger partial charge in [0.25, 0.3) is 0 Å². The van der Waals surface area contributed by atoms with Gasteiger partial charge in [-0.05, 0) is 13.8 Å². The van der Waals surface area contributed by atoms with E-state index < -0.39 is 0 Å². The van der Waals surface area contributed by atoms with Crippen LogP contribution in [0.1, 0.15) is 13.8 Å². The van der Waals surface area contributed by atoms with Crippen LogP contribution in [0.15, 0.2) is 11.6 Å². The minimum atomic E-state index is 0.216. The predicted octanol–water partition coefficient (Wildman–Crippen LogP) is 1.67. The minimum Gasteiger partial charge on any atom is -0.299 e. The van der Waals surface area contributed by atoms with E-state index in [2.05, 4.69) is 5.48 Å². The molecule has 3 heteroatoms. The molecule has 0 amide bonds. The van der Waals surface area contributed by atoms with Gasteiger partial charge in [0.1, 0.15) is 0 Å². The number of hydroxylamine groups is 1. The van der Waals surface area contributed by atoms with Gasteiger partial charge in [0.15, 0.2) is 0 Å². The Bertz CT molecular complexity index is 83.1. The fourth-order valence-electron chi connectivity index (χ4n) is 0.307. The van der Waals surface area contributed by atoms with Crippen LogP contribution in [-0.2, 0) is 4.84 Å². The lowest BCUT2D eigenvalue weighted by Gasteiger charge is -2.04. The van der Waals surface area contributed by atoms with E-state index in [0.29, 0.717) is 6.54 Å². The van der Waals surface area contributed by atoms with Gasteiger partial charge in [0, 0.05) is 12.1 Å². The van der Waals surface area contributed by atoms with Gasteiger partial charge in [0.05, 0.1) is 6.10 Å². The fraction of sp³-hybridized carbons (Fsp3) is 0.667. The number of hydrogen-bond acceptors (Lipinski definition) is 2. The summed E-state index contributed by atoms with van der Waals surface area (Å²) in [6.07, 6.45) is 1.98. The molecule has 0 bridgehead atoms. The quantitative estimate of drug-likeness (QED) is 0.485. The zero-order valence-electron chi connectivity index (χ0n) is 5.73. The molecule has 0 aliphatic heterocycles. The van der Waals surface area contributed by atoms with E-state index in [4.69, 9.17) is 16.4 Å². The normalized spacial score (nSPS) is 11.6. The van der Waals surface area contributed by atoms with Gasteiger partial charge >= 0.3 is 0 Å². The van der Waals surface area contributed by atoms with E-state index in [9.17, 15) is 0 Å². The Morgan fingerprint density at radius 1 is 1.67 bits per heavy atom. The first-order valence-electron chi connectivity index (χ1n) is 2.91. The molecule has 0 aliphatic rings. The van der Waals surface area contributed by atoms with Crippen molar-refractivity contribution in [3.05, 3.63) is 11.6 Å². The third kappa shape index (κ3) is 7.95. The van der Waals surface area contributed by atoms with Crippen LogP contribution in [0.4, 0.5) is 0 Å². The van der Waals surface area contributed by atoms with Gasteiger partial charge in [-0.25, -0.2) is 0 Å². The molecular formula is C6H12ClNO. The lowest BCUT2D eigenvalue weighted by atomic mass is 10.5. The van der Waals surface area contributed by atoms with Gasteiger partial charge in [-0.15, -0.1) is 0 Å². The summed E-state index contributed by atoms with van der Waals surface area (Å²) in [5.41, 5.74) is 4.17. The van der Waals surface area contributed by atoms with Crippen molar-refractivity contribution in [1.82, 2.24) is 5.48 Å². The molecule has 0 saturated carbocycles. The van der Waals surface area contributed by atoms with Crippen LogP contribution in [0.2, 0.25) is 0 Å².